The molecule has 30 heavy (non-hydrogen) atoms. The van der Waals surface area contributed by atoms with Gasteiger partial charge in [0.1, 0.15) is 0 Å². The summed E-state index contributed by atoms with van der Waals surface area (Å²) in [6, 6.07) is 11.0. The molecule has 0 radical (unpaired) electrons. The van der Waals surface area contributed by atoms with Gasteiger partial charge in [-0.25, -0.2) is 4.98 Å². The highest BCUT2D eigenvalue weighted by atomic mass is 32.1. The average Bonchev–Trinajstić information content (AvgIpc) is 3.17. The number of anilines is 1. The van der Waals surface area contributed by atoms with Crippen LogP contribution in [0.15, 0.2) is 41.8 Å². The molecule has 0 spiro atoms. The standard InChI is InChI=1S/C23H26N2O4S/c1-5-27-20-12-17(13-21(28-6-2)22(20)29-7-3)23(26)25-18-10-8-9-16(11-18)19-14-30-15(4)24-19/h8-14H,5-7H2,1-4H3,(H,25,26). The van der Waals surface area contributed by atoms with Crippen LogP contribution in [-0.4, -0.2) is 30.7 Å². The SMILES string of the molecule is CCOc1cc(C(=O)Nc2cccc(-c3csc(C)n3)c2)cc(OCC)c1OCC. The third kappa shape index (κ3) is 5.10. The molecule has 1 heterocycles. The molecule has 1 amide bonds. The first-order valence-electron chi connectivity index (χ1n) is 9.96. The van der Waals surface area contributed by atoms with Crippen molar-refractivity contribution in [3.63, 3.8) is 0 Å². The van der Waals surface area contributed by atoms with Crippen LogP contribution in [0.3, 0.4) is 0 Å². The van der Waals surface area contributed by atoms with E-state index in [4.69, 9.17) is 14.2 Å². The lowest BCUT2D eigenvalue weighted by molar-refractivity contribution is 0.102. The molecule has 0 saturated carbocycles. The first-order chi connectivity index (χ1) is 14.5. The average molecular weight is 427 g/mol. The molecule has 0 atom stereocenters. The maximum atomic E-state index is 13.0. The highest BCUT2D eigenvalue weighted by Gasteiger charge is 2.18. The fourth-order valence-electron chi connectivity index (χ4n) is 2.98. The van der Waals surface area contributed by atoms with Gasteiger partial charge >= 0.3 is 0 Å². The van der Waals surface area contributed by atoms with E-state index in [1.165, 1.54) is 0 Å². The maximum Gasteiger partial charge on any atom is 0.255 e. The van der Waals surface area contributed by atoms with Crippen molar-refractivity contribution in [2.75, 3.05) is 25.1 Å². The lowest BCUT2D eigenvalue weighted by Crippen LogP contribution is -2.13. The number of ether oxygens (including phenoxy) is 3. The molecule has 158 valence electrons. The van der Waals surface area contributed by atoms with Crippen molar-refractivity contribution < 1.29 is 19.0 Å². The van der Waals surface area contributed by atoms with Crippen molar-refractivity contribution in [3.05, 3.63) is 52.3 Å². The van der Waals surface area contributed by atoms with Crippen molar-refractivity contribution in [2.45, 2.75) is 27.7 Å². The highest BCUT2D eigenvalue weighted by Crippen LogP contribution is 2.39. The van der Waals surface area contributed by atoms with E-state index < -0.39 is 0 Å². The quantitative estimate of drug-likeness (QED) is 0.485. The zero-order valence-electron chi connectivity index (χ0n) is 17.7. The number of carbonyl (C=O) groups is 1. The topological polar surface area (TPSA) is 69.7 Å². The van der Waals surface area contributed by atoms with Crippen LogP contribution < -0.4 is 19.5 Å². The third-order valence-corrected chi connectivity index (χ3v) is 4.98. The Morgan fingerprint density at radius 3 is 2.23 bits per heavy atom. The van der Waals surface area contributed by atoms with E-state index in [9.17, 15) is 4.79 Å². The van der Waals surface area contributed by atoms with E-state index in [0.29, 0.717) is 48.3 Å². The molecule has 1 aromatic heterocycles. The zero-order chi connectivity index (χ0) is 21.5. The molecule has 0 aliphatic carbocycles. The van der Waals surface area contributed by atoms with Crippen LogP contribution in [0.5, 0.6) is 17.2 Å². The van der Waals surface area contributed by atoms with Gasteiger partial charge in [-0.15, -0.1) is 11.3 Å². The van der Waals surface area contributed by atoms with Gasteiger partial charge in [-0.1, -0.05) is 12.1 Å². The molecule has 0 saturated heterocycles. The summed E-state index contributed by atoms with van der Waals surface area (Å²) in [5, 5.41) is 5.96. The highest BCUT2D eigenvalue weighted by molar-refractivity contribution is 7.09. The van der Waals surface area contributed by atoms with Gasteiger partial charge in [0.15, 0.2) is 11.5 Å². The molecule has 7 heteroatoms. The first kappa shape index (κ1) is 21.6. The number of nitrogens with zero attached hydrogens (tertiary/aromatic N) is 1. The number of carbonyl (C=O) groups excluding carboxylic acids is 1. The molecule has 0 fully saturated rings. The van der Waals surface area contributed by atoms with Gasteiger partial charge in [-0.05, 0) is 52.0 Å². The number of aryl methyl sites for hydroxylation is 1. The van der Waals surface area contributed by atoms with Crippen LogP contribution in [-0.2, 0) is 0 Å². The van der Waals surface area contributed by atoms with Crippen molar-refractivity contribution in [2.24, 2.45) is 0 Å². The van der Waals surface area contributed by atoms with Gasteiger partial charge in [-0.2, -0.15) is 0 Å². The van der Waals surface area contributed by atoms with Crippen LogP contribution >= 0.6 is 11.3 Å². The van der Waals surface area contributed by atoms with Crippen molar-refractivity contribution >= 4 is 22.9 Å². The largest absolute Gasteiger partial charge is 0.490 e. The minimum absolute atomic E-state index is 0.258. The van der Waals surface area contributed by atoms with E-state index in [1.807, 2.05) is 57.3 Å². The van der Waals surface area contributed by atoms with Crippen LogP contribution in [0.2, 0.25) is 0 Å². The fraction of sp³-hybridized carbons (Fsp3) is 0.304. The van der Waals surface area contributed by atoms with Crippen LogP contribution in [0.4, 0.5) is 5.69 Å². The maximum absolute atomic E-state index is 13.0. The Kier molecular flexibility index (Phi) is 7.30. The van der Waals surface area contributed by atoms with E-state index in [1.54, 1.807) is 23.5 Å². The predicted molar refractivity (Wildman–Crippen MR) is 120 cm³/mol. The smallest absolute Gasteiger partial charge is 0.255 e. The second-order valence-corrected chi connectivity index (χ2v) is 7.45. The van der Waals surface area contributed by atoms with E-state index in [-0.39, 0.29) is 5.91 Å². The summed E-state index contributed by atoms with van der Waals surface area (Å²) in [4.78, 5) is 17.5. The molecule has 0 aliphatic heterocycles. The molecular formula is C23H26N2O4S. The molecule has 3 rings (SSSR count). The summed E-state index contributed by atoms with van der Waals surface area (Å²) in [5.41, 5.74) is 2.97. The number of aromatic nitrogens is 1. The van der Waals surface area contributed by atoms with Crippen LogP contribution in [0.25, 0.3) is 11.3 Å². The molecular weight excluding hydrogens is 400 g/mol. The summed E-state index contributed by atoms with van der Waals surface area (Å²) in [7, 11) is 0. The summed E-state index contributed by atoms with van der Waals surface area (Å²) in [6.07, 6.45) is 0. The number of benzene rings is 2. The molecule has 6 nitrogen and oxygen atoms in total. The number of nitrogens with one attached hydrogen (secondary N) is 1. The van der Waals surface area contributed by atoms with Gasteiger partial charge in [0.05, 0.1) is 30.5 Å². The molecule has 0 aliphatic rings. The Bertz CT molecular complexity index is 989. The summed E-state index contributed by atoms with van der Waals surface area (Å²) in [5.74, 6) is 1.23. The molecule has 0 bridgehead atoms. The van der Waals surface area contributed by atoms with Crippen LogP contribution in [0, 0.1) is 6.92 Å². The number of rotatable bonds is 9. The van der Waals surface area contributed by atoms with Crippen molar-refractivity contribution in [1.82, 2.24) is 4.98 Å². The zero-order valence-corrected chi connectivity index (χ0v) is 18.5. The van der Waals surface area contributed by atoms with Gasteiger partial charge < -0.3 is 19.5 Å². The van der Waals surface area contributed by atoms with E-state index in [0.717, 1.165) is 16.3 Å². The second-order valence-electron chi connectivity index (χ2n) is 6.39. The molecule has 0 unspecified atom stereocenters. The predicted octanol–water partition coefficient (Wildman–Crippen LogP) is 5.57. The Labute approximate surface area is 180 Å². The normalized spacial score (nSPS) is 10.5. The minimum Gasteiger partial charge on any atom is -0.490 e. The number of amides is 1. The Hall–Kier alpha value is -3.06. The van der Waals surface area contributed by atoms with Gasteiger partial charge in [0.2, 0.25) is 5.75 Å². The van der Waals surface area contributed by atoms with Crippen LogP contribution in [0.1, 0.15) is 36.1 Å². The van der Waals surface area contributed by atoms with Crippen molar-refractivity contribution in [1.29, 1.82) is 0 Å². The summed E-state index contributed by atoms with van der Waals surface area (Å²) < 4.78 is 17.1. The number of thiazole rings is 1. The Morgan fingerprint density at radius 1 is 1.00 bits per heavy atom. The first-order valence-corrected chi connectivity index (χ1v) is 10.8. The summed E-state index contributed by atoms with van der Waals surface area (Å²) >= 11 is 1.60. The minimum atomic E-state index is -0.258. The van der Waals surface area contributed by atoms with Gasteiger partial charge in [-0.3, -0.25) is 4.79 Å². The monoisotopic (exact) mass is 426 g/mol. The molecule has 3 aromatic rings. The van der Waals surface area contributed by atoms with Gasteiger partial charge in [0.25, 0.3) is 5.91 Å². The van der Waals surface area contributed by atoms with E-state index in [2.05, 4.69) is 10.3 Å². The Balaban J connectivity index is 1.89. The van der Waals surface area contributed by atoms with E-state index >= 15 is 0 Å². The number of hydrogen-bond donors (Lipinski definition) is 1. The second kappa shape index (κ2) is 10.1. The third-order valence-electron chi connectivity index (χ3n) is 4.21. The van der Waals surface area contributed by atoms with Crippen molar-refractivity contribution in [3.8, 4) is 28.5 Å². The molecule has 1 N–H and O–H groups in total. The number of hydrogen-bond acceptors (Lipinski definition) is 6. The lowest BCUT2D eigenvalue weighted by Gasteiger charge is -2.17. The molecule has 2 aromatic carbocycles. The lowest BCUT2D eigenvalue weighted by atomic mass is 10.1. The Morgan fingerprint density at radius 2 is 1.67 bits per heavy atom. The van der Waals surface area contributed by atoms with Gasteiger partial charge in [0, 0.05) is 22.2 Å². The fourth-order valence-corrected chi connectivity index (χ4v) is 3.60. The summed E-state index contributed by atoms with van der Waals surface area (Å²) in [6.45, 7) is 9.00.